The Kier molecular flexibility index (Phi) is 6.92. The largest absolute Gasteiger partial charge is 0.490 e. The number of allylic oxidation sites excluding steroid dienone is 2. The summed E-state index contributed by atoms with van der Waals surface area (Å²) in [4.78, 5) is 27.2. The summed E-state index contributed by atoms with van der Waals surface area (Å²) in [5.41, 5.74) is 1.86. The molecule has 3 aliphatic rings. The van der Waals surface area contributed by atoms with E-state index in [4.69, 9.17) is 4.74 Å². The number of likely N-dealkylation sites (tertiary alicyclic amines) is 1. The van der Waals surface area contributed by atoms with Crippen molar-refractivity contribution in [2.75, 3.05) is 13.1 Å². The Morgan fingerprint density at radius 1 is 1.09 bits per heavy atom. The number of alkyl halides is 3. The number of nitrogens with zero attached hydrogens (tertiary/aromatic N) is 1. The van der Waals surface area contributed by atoms with Crippen molar-refractivity contribution >= 4 is 11.7 Å². The molecule has 0 N–H and O–H groups in total. The van der Waals surface area contributed by atoms with Gasteiger partial charge in [0, 0.05) is 37.9 Å². The lowest BCUT2D eigenvalue weighted by Gasteiger charge is -2.34. The highest BCUT2D eigenvalue weighted by atomic mass is 19.4. The van der Waals surface area contributed by atoms with Gasteiger partial charge in [0.05, 0.1) is 5.56 Å². The molecule has 1 heterocycles. The first kappa shape index (κ1) is 24.6. The summed E-state index contributed by atoms with van der Waals surface area (Å²) >= 11 is 0. The van der Waals surface area contributed by atoms with Crippen LogP contribution in [0.2, 0.25) is 0 Å². The first-order chi connectivity index (χ1) is 16.1. The second-order valence-electron chi connectivity index (χ2n) is 9.97. The molecule has 2 fully saturated rings. The third-order valence-corrected chi connectivity index (χ3v) is 7.86. The molecule has 1 saturated heterocycles. The maximum Gasteiger partial charge on any atom is 0.419 e. The van der Waals surface area contributed by atoms with Crippen molar-refractivity contribution in [3.8, 4) is 5.75 Å². The first-order valence-electron chi connectivity index (χ1n) is 12.1. The van der Waals surface area contributed by atoms with Crippen LogP contribution < -0.4 is 4.74 Å². The summed E-state index contributed by atoms with van der Waals surface area (Å²) in [6, 6.07) is 5.23. The number of Topliss-reactive ketones (excluding diaryl/α,β-unsaturated/α-hetero) is 1. The summed E-state index contributed by atoms with van der Waals surface area (Å²) in [6.07, 6.45) is -0.788. The second kappa shape index (κ2) is 9.59. The SMILES string of the molecule is C=C(C(=O)N1CCC(Oc2ccccc2C(F)(F)F)CC1)[C@@H]1CC[C@H](C)[C@@H]2CC(=O)C(C)=C2C1. The third-order valence-electron chi connectivity index (χ3n) is 7.86. The van der Waals surface area contributed by atoms with Crippen LogP contribution in [0.1, 0.15) is 57.9 Å². The molecule has 4 nitrogen and oxygen atoms in total. The maximum absolute atomic E-state index is 13.3. The molecule has 3 atom stereocenters. The number of carbonyl (C=O) groups excluding carboxylic acids is 2. The van der Waals surface area contributed by atoms with Crippen LogP contribution in [-0.4, -0.2) is 35.8 Å². The molecular formula is C27H32F3NO3. The Labute approximate surface area is 198 Å². The van der Waals surface area contributed by atoms with E-state index in [-0.39, 0.29) is 35.4 Å². The van der Waals surface area contributed by atoms with Gasteiger partial charge in [-0.25, -0.2) is 0 Å². The van der Waals surface area contributed by atoms with Gasteiger partial charge >= 0.3 is 6.18 Å². The fourth-order valence-electron chi connectivity index (χ4n) is 5.65. The van der Waals surface area contributed by atoms with Crippen LogP contribution in [0.4, 0.5) is 13.2 Å². The number of hydrogen-bond donors (Lipinski definition) is 0. The number of fused-ring (bicyclic) bond motifs is 1. The predicted molar refractivity (Wildman–Crippen MR) is 123 cm³/mol. The molecule has 1 amide bonds. The van der Waals surface area contributed by atoms with E-state index in [0.717, 1.165) is 24.5 Å². The predicted octanol–water partition coefficient (Wildman–Crippen LogP) is 5.97. The topological polar surface area (TPSA) is 46.6 Å². The van der Waals surface area contributed by atoms with Crippen LogP contribution in [-0.2, 0) is 15.8 Å². The standard InChI is InChI=1S/C27H32F3NO3/c1-16-8-9-19(14-22-18(3)24(32)15-21(16)22)17(2)26(33)31-12-10-20(11-13-31)34-25-7-5-4-6-23(25)27(28,29)30/h4-7,16,19-21H,2,8-15H2,1,3H3/t16-,19+,21-/m0/s1. The normalized spacial score (nSPS) is 26.3. The molecule has 1 aromatic rings. The van der Waals surface area contributed by atoms with Gasteiger partial charge in [-0.3, -0.25) is 9.59 Å². The van der Waals surface area contributed by atoms with Crippen molar-refractivity contribution in [2.45, 2.75) is 64.7 Å². The lowest BCUT2D eigenvalue weighted by molar-refractivity contribution is -0.139. The lowest BCUT2D eigenvalue weighted by Crippen LogP contribution is -2.43. The zero-order chi connectivity index (χ0) is 24.6. The number of halogens is 3. The van der Waals surface area contributed by atoms with Gasteiger partial charge in [0.25, 0.3) is 0 Å². The number of piperidine rings is 1. The first-order valence-corrected chi connectivity index (χ1v) is 12.1. The minimum Gasteiger partial charge on any atom is -0.490 e. The molecule has 184 valence electrons. The van der Waals surface area contributed by atoms with Gasteiger partial charge in [0.1, 0.15) is 11.9 Å². The van der Waals surface area contributed by atoms with Crippen molar-refractivity contribution in [3.63, 3.8) is 0 Å². The van der Waals surface area contributed by atoms with Crippen molar-refractivity contribution in [3.05, 3.63) is 53.1 Å². The number of para-hydroxylation sites is 1. The van der Waals surface area contributed by atoms with Gasteiger partial charge in [-0.1, -0.05) is 31.2 Å². The fraction of sp³-hybridized carbons (Fsp3) is 0.556. The van der Waals surface area contributed by atoms with Crippen LogP contribution in [0.15, 0.2) is 47.6 Å². The van der Waals surface area contributed by atoms with E-state index >= 15 is 0 Å². The Morgan fingerprint density at radius 3 is 2.44 bits per heavy atom. The van der Waals surface area contributed by atoms with E-state index in [9.17, 15) is 22.8 Å². The second-order valence-corrected chi connectivity index (χ2v) is 9.97. The molecule has 1 aliphatic heterocycles. The van der Waals surface area contributed by atoms with Crippen molar-refractivity contribution in [2.24, 2.45) is 17.8 Å². The van der Waals surface area contributed by atoms with Crippen LogP contribution in [0.5, 0.6) is 5.75 Å². The van der Waals surface area contributed by atoms with Gasteiger partial charge in [-0.05, 0) is 61.6 Å². The van der Waals surface area contributed by atoms with Gasteiger partial charge in [0.2, 0.25) is 5.91 Å². The van der Waals surface area contributed by atoms with E-state index in [1.165, 1.54) is 23.8 Å². The fourth-order valence-corrected chi connectivity index (χ4v) is 5.65. The van der Waals surface area contributed by atoms with Crippen LogP contribution in [0.3, 0.4) is 0 Å². The van der Waals surface area contributed by atoms with Crippen LogP contribution in [0, 0.1) is 17.8 Å². The molecule has 1 aromatic carbocycles. The van der Waals surface area contributed by atoms with Gasteiger partial charge in [0.15, 0.2) is 5.78 Å². The zero-order valence-corrected chi connectivity index (χ0v) is 19.8. The number of ether oxygens (including phenoxy) is 1. The van der Waals surface area contributed by atoms with E-state index in [1.54, 1.807) is 4.90 Å². The summed E-state index contributed by atoms with van der Waals surface area (Å²) in [7, 11) is 0. The van der Waals surface area contributed by atoms with Crippen LogP contribution in [0.25, 0.3) is 0 Å². The molecule has 0 spiro atoms. The third kappa shape index (κ3) is 4.93. The van der Waals surface area contributed by atoms with E-state index < -0.39 is 11.7 Å². The molecule has 7 heteroatoms. The summed E-state index contributed by atoms with van der Waals surface area (Å²) in [5, 5.41) is 0. The molecule has 0 radical (unpaired) electrons. The average Bonchev–Trinajstić information content (AvgIpc) is 2.98. The van der Waals surface area contributed by atoms with Crippen molar-refractivity contribution < 1.29 is 27.5 Å². The number of ketones is 1. The molecule has 4 rings (SSSR count). The highest BCUT2D eigenvalue weighted by Crippen LogP contribution is 2.45. The van der Waals surface area contributed by atoms with E-state index in [0.29, 0.717) is 50.3 Å². The summed E-state index contributed by atoms with van der Waals surface area (Å²) in [5.74, 6) is 0.681. The Hall–Kier alpha value is -2.57. The van der Waals surface area contributed by atoms with Gasteiger partial charge in [-0.2, -0.15) is 13.2 Å². The average molecular weight is 476 g/mol. The quantitative estimate of drug-likeness (QED) is 0.504. The minimum absolute atomic E-state index is 0.0171. The molecule has 0 aromatic heterocycles. The van der Waals surface area contributed by atoms with Crippen LogP contribution >= 0.6 is 0 Å². The highest BCUT2D eigenvalue weighted by molar-refractivity contribution is 5.99. The number of rotatable bonds is 4. The number of amides is 1. The minimum atomic E-state index is -4.47. The number of hydrogen-bond acceptors (Lipinski definition) is 3. The van der Waals surface area contributed by atoms with E-state index in [1.807, 2.05) is 6.92 Å². The highest BCUT2D eigenvalue weighted by Gasteiger charge is 2.39. The molecule has 0 bridgehead atoms. The smallest absolute Gasteiger partial charge is 0.419 e. The number of carbonyl (C=O) groups is 2. The Bertz CT molecular complexity index is 1000. The zero-order valence-electron chi connectivity index (χ0n) is 19.8. The van der Waals surface area contributed by atoms with Gasteiger partial charge < -0.3 is 9.64 Å². The van der Waals surface area contributed by atoms with Gasteiger partial charge in [-0.15, -0.1) is 0 Å². The molecular weight excluding hydrogens is 443 g/mol. The van der Waals surface area contributed by atoms with Crippen molar-refractivity contribution in [1.82, 2.24) is 4.90 Å². The lowest BCUT2D eigenvalue weighted by atomic mass is 9.86. The van der Waals surface area contributed by atoms with E-state index in [2.05, 4.69) is 13.5 Å². The molecule has 0 unspecified atom stereocenters. The molecule has 34 heavy (non-hydrogen) atoms. The van der Waals surface area contributed by atoms with Crippen molar-refractivity contribution in [1.29, 1.82) is 0 Å². The Morgan fingerprint density at radius 2 is 1.76 bits per heavy atom. The Balaban J connectivity index is 1.37. The monoisotopic (exact) mass is 475 g/mol. The maximum atomic E-state index is 13.3. The summed E-state index contributed by atoms with van der Waals surface area (Å²) in [6.45, 7) is 9.08. The number of benzene rings is 1. The molecule has 2 aliphatic carbocycles. The summed E-state index contributed by atoms with van der Waals surface area (Å²) < 4.78 is 45.5. The molecule has 1 saturated carbocycles.